The number of carbonyl (C=O) groups is 1. The molecule has 0 spiro atoms. The van der Waals surface area contributed by atoms with E-state index in [1.54, 1.807) is 0 Å². The lowest BCUT2D eigenvalue weighted by molar-refractivity contribution is -0.116. The van der Waals surface area contributed by atoms with E-state index < -0.39 is 23.4 Å². The van der Waals surface area contributed by atoms with Gasteiger partial charge in [-0.2, -0.15) is 0 Å². The summed E-state index contributed by atoms with van der Waals surface area (Å²) in [6.07, 6.45) is 2.46. The summed E-state index contributed by atoms with van der Waals surface area (Å²) in [5.41, 5.74) is 1.69. The highest BCUT2D eigenvalue weighted by Crippen LogP contribution is 2.24. The number of amides is 1. The van der Waals surface area contributed by atoms with Crippen LogP contribution in [0.25, 0.3) is 0 Å². The third-order valence-electron chi connectivity index (χ3n) is 5.01. The van der Waals surface area contributed by atoms with Crippen molar-refractivity contribution in [1.29, 1.82) is 0 Å². The van der Waals surface area contributed by atoms with Crippen LogP contribution in [-0.4, -0.2) is 25.5 Å². The standard InChI is InChI=1S/C21H24F3N3O/c1-14-9-12-27(13-10-14)16-4-2-15(3-5-16)25-11-8-19(28)26-18-7-6-17(22)20(23)21(18)24/h2-7,14,25H,8-13H2,1H3,(H,26,28). The van der Waals surface area contributed by atoms with Gasteiger partial charge in [0.1, 0.15) is 0 Å². The Labute approximate surface area is 162 Å². The Morgan fingerprint density at radius 2 is 1.71 bits per heavy atom. The number of carbonyl (C=O) groups excluding carboxylic acids is 1. The topological polar surface area (TPSA) is 44.4 Å². The lowest BCUT2D eigenvalue weighted by Gasteiger charge is -2.32. The fourth-order valence-electron chi connectivity index (χ4n) is 3.21. The van der Waals surface area contributed by atoms with Gasteiger partial charge in [-0.1, -0.05) is 6.92 Å². The minimum absolute atomic E-state index is 0.0597. The predicted octanol–water partition coefficient (Wildman–Crippen LogP) is 4.78. The van der Waals surface area contributed by atoms with Gasteiger partial charge in [0, 0.05) is 37.4 Å². The van der Waals surface area contributed by atoms with Crippen molar-refractivity contribution in [3.63, 3.8) is 0 Å². The first kappa shape index (κ1) is 20.0. The van der Waals surface area contributed by atoms with Crippen LogP contribution in [0.4, 0.5) is 30.2 Å². The van der Waals surface area contributed by atoms with Crippen LogP contribution in [0.5, 0.6) is 0 Å². The van der Waals surface area contributed by atoms with E-state index in [1.807, 2.05) is 12.1 Å². The Hall–Kier alpha value is -2.70. The summed E-state index contributed by atoms with van der Waals surface area (Å²) in [6, 6.07) is 9.79. The van der Waals surface area contributed by atoms with Crippen molar-refractivity contribution >= 4 is 23.0 Å². The maximum absolute atomic E-state index is 13.6. The van der Waals surface area contributed by atoms with Crippen LogP contribution in [0.1, 0.15) is 26.2 Å². The Balaban J connectivity index is 1.46. The molecule has 1 amide bonds. The van der Waals surface area contributed by atoms with Gasteiger partial charge >= 0.3 is 0 Å². The summed E-state index contributed by atoms with van der Waals surface area (Å²) >= 11 is 0. The quantitative estimate of drug-likeness (QED) is 0.697. The average molecular weight is 391 g/mol. The van der Waals surface area contributed by atoms with Crippen LogP contribution < -0.4 is 15.5 Å². The molecule has 2 aromatic rings. The zero-order valence-electron chi connectivity index (χ0n) is 15.8. The molecule has 0 saturated carbocycles. The first-order valence-corrected chi connectivity index (χ1v) is 9.46. The Bertz CT molecular complexity index is 818. The minimum atomic E-state index is -1.60. The molecule has 0 aliphatic carbocycles. The maximum atomic E-state index is 13.6. The molecule has 4 nitrogen and oxygen atoms in total. The molecular weight excluding hydrogens is 367 g/mol. The summed E-state index contributed by atoms with van der Waals surface area (Å²) < 4.78 is 39.7. The zero-order chi connectivity index (χ0) is 20.1. The number of hydrogen-bond donors (Lipinski definition) is 2. The molecule has 1 heterocycles. The molecule has 28 heavy (non-hydrogen) atoms. The lowest BCUT2D eigenvalue weighted by Crippen LogP contribution is -2.32. The molecule has 0 atom stereocenters. The largest absolute Gasteiger partial charge is 0.385 e. The molecular formula is C21H24F3N3O. The second kappa shape index (κ2) is 8.99. The number of hydrogen-bond acceptors (Lipinski definition) is 3. The van der Waals surface area contributed by atoms with Crippen molar-refractivity contribution in [2.24, 2.45) is 5.92 Å². The summed E-state index contributed by atoms with van der Waals surface area (Å²) in [6.45, 7) is 4.74. The number of piperidine rings is 1. The summed E-state index contributed by atoms with van der Waals surface area (Å²) in [5.74, 6) is -4.00. The van der Waals surface area contributed by atoms with E-state index in [2.05, 4.69) is 34.6 Å². The summed E-state index contributed by atoms with van der Waals surface area (Å²) in [4.78, 5) is 14.3. The molecule has 7 heteroatoms. The van der Waals surface area contributed by atoms with Gasteiger partial charge in [-0.3, -0.25) is 4.79 Å². The van der Waals surface area contributed by atoms with Gasteiger partial charge in [-0.25, -0.2) is 13.2 Å². The molecule has 1 aliphatic heterocycles. The van der Waals surface area contributed by atoms with E-state index in [0.29, 0.717) is 6.54 Å². The fourth-order valence-corrected chi connectivity index (χ4v) is 3.21. The SMILES string of the molecule is CC1CCN(c2ccc(NCCC(=O)Nc3ccc(F)c(F)c3F)cc2)CC1. The predicted molar refractivity (Wildman–Crippen MR) is 105 cm³/mol. The van der Waals surface area contributed by atoms with Gasteiger partial charge in [-0.15, -0.1) is 0 Å². The van der Waals surface area contributed by atoms with Crippen LogP contribution in [0.15, 0.2) is 36.4 Å². The Morgan fingerprint density at radius 1 is 1.04 bits per heavy atom. The maximum Gasteiger partial charge on any atom is 0.226 e. The van der Waals surface area contributed by atoms with Crippen LogP contribution in [-0.2, 0) is 4.79 Å². The molecule has 0 aromatic heterocycles. The first-order valence-electron chi connectivity index (χ1n) is 9.46. The highest BCUT2D eigenvalue weighted by atomic mass is 19.2. The molecule has 2 N–H and O–H groups in total. The highest BCUT2D eigenvalue weighted by Gasteiger charge is 2.16. The second-order valence-electron chi connectivity index (χ2n) is 7.16. The molecule has 1 aliphatic rings. The average Bonchev–Trinajstić information content (AvgIpc) is 2.70. The van der Waals surface area contributed by atoms with Crippen molar-refractivity contribution in [3.8, 4) is 0 Å². The van der Waals surface area contributed by atoms with E-state index in [-0.39, 0.29) is 12.1 Å². The number of rotatable bonds is 6. The molecule has 3 rings (SSSR count). The Morgan fingerprint density at radius 3 is 2.39 bits per heavy atom. The van der Waals surface area contributed by atoms with E-state index in [1.165, 1.54) is 18.5 Å². The van der Waals surface area contributed by atoms with Gasteiger partial charge in [-0.05, 0) is 55.2 Å². The van der Waals surface area contributed by atoms with E-state index in [4.69, 9.17) is 0 Å². The normalized spacial score (nSPS) is 14.8. The van der Waals surface area contributed by atoms with E-state index >= 15 is 0 Å². The van der Waals surface area contributed by atoms with Crippen molar-refractivity contribution in [3.05, 3.63) is 53.8 Å². The van der Waals surface area contributed by atoms with Crippen molar-refractivity contribution < 1.29 is 18.0 Å². The number of anilines is 3. The van der Waals surface area contributed by atoms with Gasteiger partial charge in [0.25, 0.3) is 0 Å². The summed E-state index contributed by atoms with van der Waals surface area (Å²) in [5, 5.41) is 5.38. The zero-order valence-corrected chi connectivity index (χ0v) is 15.8. The highest BCUT2D eigenvalue weighted by molar-refractivity contribution is 5.91. The van der Waals surface area contributed by atoms with Gasteiger partial charge in [0.2, 0.25) is 5.91 Å². The smallest absolute Gasteiger partial charge is 0.226 e. The van der Waals surface area contributed by atoms with Gasteiger partial charge in [0.05, 0.1) is 5.69 Å². The third kappa shape index (κ3) is 4.97. The van der Waals surface area contributed by atoms with Crippen LogP contribution >= 0.6 is 0 Å². The Kier molecular flexibility index (Phi) is 6.44. The first-order chi connectivity index (χ1) is 13.4. The number of nitrogens with zero attached hydrogens (tertiary/aromatic N) is 1. The molecule has 150 valence electrons. The van der Waals surface area contributed by atoms with Crippen LogP contribution in [0.2, 0.25) is 0 Å². The van der Waals surface area contributed by atoms with Crippen molar-refractivity contribution in [2.45, 2.75) is 26.2 Å². The molecule has 0 unspecified atom stereocenters. The molecule has 2 aromatic carbocycles. The van der Waals surface area contributed by atoms with Crippen molar-refractivity contribution in [1.82, 2.24) is 0 Å². The number of halogens is 3. The van der Waals surface area contributed by atoms with Crippen LogP contribution in [0.3, 0.4) is 0 Å². The lowest BCUT2D eigenvalue weighted by atomic mass is 9.99. The summed E-state index contributed by atoms with van der Waals surface area (Å²) in [7, 11) is 0. The number of nitrogens with one attached hydrogen (secondary N) is 2. The molecule has 1 saturated heterocycles. The third-order valence-corrected chi connectivity index (χ3v) is 5.01. The molecule has 0 radical (unpaired) electrons. The van der Waals surface area contributed by atoms with Gasteiger partial charge in [0.15, 0.2) is 17.5 Å². The second-order valence-corrected chi connectivity index (χ2v) is 7.16. The van der Waals surface area contributed by atoms with E-state index in [9.17, 15) is 18.0 Å². The van der Waals surface area contributed by atoms with Crippen LogP contribution in [0, 0.1) is 23.4 Å². The van der Waals surface area contributed by atoms with Crippen molar-refractivity contribution in [2.75, 3.05) is 35.2 Å². The minimum Gasteiger partial charge on any atom is -0.385 e. The molecule has 0 bridgehead atoms. The number of benzene rings is 2. The van der Waals surface area contributed by atoms with E-state index in [0.717, 1.165) is 36.8 Å². The molecule has 1 fully saturated rings. The fraction of sp³-hybridized carbons (Fsp3) is 0.381. The van der Waals surface area contributed by atoms with Gasteiger partial charge < -0.3 is 15.5 Å². The monoisotopic (exact) mass is 391 g/mol.